The number of halogens is 1. The van der Waals surface area contributed by atoms with Gasteiger partial charge in [0.1, 0.15) is 11.7 Å². The maximum Gasteiger partial charge on any atom is 0.343 e. The zero-order chi connectivity index (χ0) is 21.9. The quantitative estimate of drug-likeness (QED) is 0.659. The molecule has 164 valence electrons. The van der Waals surface area contributed by atoms with Gasteiger partial charge in [-0.05, 0) is 25.1 Å². The number of methoxy groups -OCH3 is 3. The monoisotopic (exact) mass is 447 g/mol. The Morgan fingerprint density at radius 1 is 1.06 bits per heavy atom. The predicted octanol–water partition coefficient (Wildman–Crippen LogP) is 3.54. The summed E-state index contributed by atoms with van der Waals surface area (Å²) >= 11 is 6.71. The summed E-state index contributed by atoms with van der Waals surface area (Å²) in [7, 11) is 6.60. The minimum absolute atomic E-state index is 0.0764. The Bertz CT molecular complexity index is 1090. The van der Waals surface area contributed by atoms with E-state index in [1.54, 1.807) is 13.2 Å². The van der Waals surface area contributed by atoms with E-state index in [0.29, 0.717) is 45.8 Å². The molecule has 8 nitrogen and oxygen atoms in total. The maximum atomic E-state index is 12.9. The molecular formula is C22H22ClNO7. The second kappa shape index (κ2) is 7.39. The van der Waals surface area contributed by atoms with Crippen molar-refractivity contribution in [3.8, 4) is 28.7 Å². The summed E-state index contributed by atoms with van der Waals surface area (Å²) in [6.45, 7) is 0.796. The number of ether oxygens (including phenoxy) is 6. The molecule has 0 bridgehead atoms. The van der Waals surface area contributed by atoms with Gasteiger partial charge in [0, 0.05) is 17.7 Å². The van der Waals surface area contributed by atoms with Gasteiger partial charge in [0.2, 0.25) is 12.5 Å². The molecule has 31 heavy (non-hydrogen) atoms. The van der Waals surface area contributed by atoms with E-state index in [2.05, 4.69) is 4.90 Å². The van der Waals surface area contributed by atoms with Crippen LogP contribution in [0.2, 0.25) is 5.02 Å². The Kier molecular flexibility index (Phi) is 4.79. The molecular weight excluding hydrogens is 426 g/mol. The summed E-state index contributed by atoms with van der Waals surface area (Å²) in [4.78, 5) is 15.0. The van der Waals surface area contributed by atoms with Crippen LogP contribution in [0.1, 0.15) is 39.2 Å². The van der Waals surface area contributed by atoms with Crippen LogP contribution < -0.4 is 23.7 Å². The fourth-order valence-corrected chi connectivity index (χ4v) is 5.11. The lowest BCUT2D eigenvalue weighted by Crippen LogP contribution is -2.36. The summed E-state index contributed by atoms with van der Waals surface area (Å²) in [5.74, 6) is 1.90. The number of carbonyl (C=O) groups is 1. The average Bonchev–Trinajstić information content (AvgIpc) is 3.39. The molecule has 1 unspecified atom stereocenters. The van der Waals surface area contributed by atoms with Gasteiger partial charge in [0.25, 0.3) is 0 Å². The van der Waals surface area contributed by atoms with Crippen LogP contribution in [0.5, 0.6) is 28.7 Å². The highest BCUT2D eigenvalue weighted by Crippen LogP contribution is 2.57. The van der Waals surface area contributed by atoms with Gasteiger partial charge in [-0.25, -0.2) is 4.79 Å². The van der Waals surface area contributed by atoms with Crippen LogP contribution in [0.3, 0.4) is 0 Å². The van der Waals surface area contributed by atoms with E-state index >= 15 is 0 Å². The summed E-state index contributed by atoms with van der Waals surface area (Å²) < 4.78 is 33.8. The third-order valence-corrected chi connectivity index (χ3v) is 6.55. The molecule has 0 radical (unpaired) electrons. The molecule has 0 aliphatic carbocycles. The van der Waals surface area contributed by atoms with Crippen molar-refractivity contribution in [3.63, 3.8) is 0 Å². The number of likely N-dealkylation sites (N-methyl/N-ethyl adjacent to an activating group) is 1. The van der Waals surface area contributed by atoms with Crippen LogP contribution in [0.25, 0.3) is 0 Å². The molecule has 2 atom stereocenters. The standard InChI is InChI=1S/C22H22ClNO7/c1-24-8-7-10-13(19(28-4)21-20(15(10)23)29-9-30-21)16(24)17-11-5-6-12(26-2)18(27-3)14(11)22(25)31-17/h5-6,16-17H,7-9H2,1-4H3/t16?,17-/m0/s1. The van der Waals surface area contributed by atoms with Crippen molar-refractivity contribution in [1.29, 1.82) is 0 Å². The highest BCUT2D eigenvalue weighted by molar-refractivity contribution is 6.33. The van der Waals surface area contributed by atoms with Crippen molar-refractivity contribution >= 4 is 17.6 Å². The number of cyclic esters (lactones) is 1. The van der Waals surface area contributed by atoms with E-state index in [4.69, 9.17) is 40.0 Å². The number of hydrogen-bond acceptors (Lipinski definition) is 8. The lowest BCUT2D eigenvalue weighted by molar-refractivity contribution is 0.00875. The molecule has 0 saturated heterocycles. The maximum absolute atomic E-state index is 12.9. The number of carbonyl (C=O) groups excluding carboxylic acids is 1. The number of fused-ring (bicyclic) bond motifs is 3. The van der Waals surface area contributed by atoms with Crippen molar-refractivity contribution in [1.82, 2.24) is 4.90 Å². The van der Waals surface area contributed by atoms with Gasteiger partial charge in [-0.15, -0.1) is 0 Å². The molecule has 0 spiro atoms. The number of hydrogen-bond donors (Lipinski definition) is 0. The Hall–Kier alpha value is -2.84. The topological polar surface area (TPSA) is 75.7 Å². The van der Waals surface area contributed by atoms with Crippen molar-refractivity contribution in [2.75, 3.05) is 41.7 Å². The fraction of sp³-hybridized carbons (Fsp3) is 0.409. The molecule has 2 aromatic rings. The second-order valence-corrected chi connectivity index (χ2v) is 7.95. The Balaban J connectivity index is 1.72. The van der Waals surface area contributed by atoms with E-state index in [9.17, 15) is 4.79 Å². The predicted molar refractivity (Wildman–Crippen MR) is 111 cm³/mol. The molecule has 0 aromatic heterocycles. The zero-order valence-corrected chi connectivity index (χ0v) is 18.4. The molecule has 5 rings (SSSR count). The van der Waals surface area contributed by atoms with Gasteiger partial charge in [0.15, 0.2) is 23.0 Å². The number of nitrogens with zero attached hydrogens (tertiary/aromatic N) is 1. The second-order valence-electron chi connectivity index (χ2n) is 7.57. The van der Waals surface area contributed by atoms with Crippen LogP contribution in [0, 0.1) is 0 Å². The van der Waals surface area contributed by atoms with Gasteiger partial charge in [-0.1, -0.05) is 17.7 Å². The number of rotatable bonds is 4. The van der Waals surface area contributed by atoms with E-state index in [0.717, 1.165) is 23.2 Å². The fourth-order valence-electron chi connectivity index (χ4n) is 4.78. The van der Waals surface area contributed by atoms with E-state index in [1.807, 2.05) is 13.1 Å². The summed E-state index contributed by atoms with van der Waals surface area (Å²) in [6, 6.07) is 3.28. The molecule has 9 heteroatoms. The first-order chi connectivity index (χ1) is 15.0. The van der Waals surface area contributed by atoms with Gasteiger partial charge in [-0.2, -0.15) is 0 Å². The molecule has 0 amide bonds. The minimum Gasteiger partial charge on any atom is -0.493 e. The Morgan fingerprint density at radius 3 is 2.52 bits per heavy atom. The van der Waals surface area contributed by atoms with Crippen LogP contribution in [-0.2, 0) is 11.2 Å². The summed E-state index contributed by atoms with van der Waals surface area (Å²) in [6.07, 6.45) is 0.116. The van der Waals surface area contributed by atoms with Gasteiger partial charge < -0.3 is 28.4 Å². The van der Waals surface area contributed by atoms with Crippen molar-refractivity contribution < 1.29 is 33.2 Å². The largest absolute Gasteiger partial charge is 0.493 e. The molecule has 0 N–H and O–H groups in total. The first-order valence-electron chi connectivity index (χ1n) is 9.85. The molecule has 3 aliphatic heterocycles. The molecule has 3 aliphatic rings. The van der Waals surface area contributed by atoms with E-state index < -0.39 is 12.1 Å². The van der Waals surface area contributed by atoms with Crippen molar-refractivity contribution in [3.05, 3.63) is 39.4 Å². The Labute approximate surface area is 184 Å². The van der Waals surface area contributed by atoms with Crippen LogP contribution >= 0.6 is 11.6 Å². The Morgan fingerprint density at radius 2 is 1.81 bits per heavy atom. The lowest BCUT2D eigenvalue weighted by Gasteiger charge is -2.38. The lowest BCUT2D eigenvalue weighted by atomic mass is 9.85. The zero-order valence-electron chi connectivity index (χ0n) is 17.6. The first-order valence-corrected chi connectivity index (χ1v) is 10.2. The van der Waals surface area contributed by atoms with Crippen molar-refractivity contribution in [2.45, 2.75) is 18.6 Å². The van der Waals surface area contributed by atoms with Crippen LogP contribution in [0.15, 0.2) is 12.1 Å². The van der Waals surface area contributed by atoms with E-state index in [1.165, 1.54) is 14.2 Å². The molecule has 2 aromatic carbocycles. The minimum atomic E-state index is -0.586. The molecule has 0 fully saturated rings. The van der Waals surface area contributed by atoms with Gasteiger partial charge in [0.05, 0.1) is 32.4 Å². The third-order valence-electron chi connectivity index (χ3n) is 6.15. The molecule has 3 heterocycles. The van der Waals surface area contributed by atoms with Gasteiger partial charge in [-0.3, -0.25) is 4.90 Å². The first kappa shape index (κ1) is 20.1. The number of esters is 1. The summed E-state index contributed by atoms with van der Waals surface area (Å²) in [5.41, 5.74) is 2.85. The van der Waals surface area contributed by atoms with Crippen LogP contribution in [0.4, 0.5) is 0 Å². The number of benzene rings is 2. The van der Waals surface area contributed by atoms with E-state index in [-0.39, 0.29) is 12.8 Å². The smallest absolute Gasteiger partial charge is 0.343 e. The SMILES string of the molecule is COc1ccc2c(c1OC)C(=O)O[C@@H]2C1c2c(c(Cl)c3c(c2OC)OCO3)CCN1C. The highest BCUT2D eigenvalue weighted by atomic mass is 35.5. The highest BCUT2D eigenvalue weighted by Gasteiger charge is 2.47. The summed E-state index contributed by atoms with van der Waals surface area (Å²) in [5, 5.41) is 0.512. The molecule has 0 saturated carbocycles. The average molecular weight is 448 g/mol. The van der Waals surface area contributed by atoms with Crippen LogP contribution in [-0.4, -0.2) is 52.6 Å². The van der Waals surface area contributed by atoms with Crippen molar-refractivity contribution in [2.24, 2.45) is 0 Å². The van der Waals surface area contributed by atoms with Gasteiger partial charge >= 0.3 is 5.97 Å². The normalized spacial score (nSPS) is 21.4. The third kappa shape index (κ3) is 2.74.